The Balaban J connectivity index is 2.31. The summed E-state index contributed by atoms with van der Waals surface area (Å²) < 4.78 is 9.81. The van der Waals surface area contributed by atoms with E-state index in [-0.39, 0.29) is 5.97 Å². The predicted molar refractivity (Wildman–Crippen MR) is 53.4 cm³/mol. The average Bonchev–Trinajstić information content (AvgIpc) is 2.86. The van der Waals surface area contributed by atoms with Gasteiger partial charge in [0.15, 0.2) is 0 Å². The highest BCUT2D eigenvalue weighted by Crippen LogP contribution is 2.28. The standard InChI is InChI=1S/C10H8O3S/c1-12-10(11)9-5-4-8(14-9)7-3-2-6-13-7/h2-6H,1H3. The molecule has 2 aromatic rings. The number of furan rings is 1. The van der Waals surface area contributed by atoms with E-state index in [0.717, 1.165) is 10.6 Å². The molecule has 0 fully saturated rings. The van der Waals surface area contributed by atoms with Gasteiger partial charge in [0, 0.05) is 0 Å². The first kappa shape index (κ1) is 9.02. The van der Waals surface area contributed by atoms with E-state index in [4.69, 9.17) is 4.42 Å². The number of hydrogen-bond acceptors (Lipinski definition) is 4. The number of hydrogen-bond donors (Lipinski definition) is 0. The quantitative estimate of drug-likeness (QED) is 0.712. The zero-order chi connectivity index (χ0) is 9.97. The van der Waals surface area contributed by atoms with Crippen molar-refractivity contribution in [1.82, 2.24) is 0 Å². The third kappa shape index (κ3) is 1.56. The zero-order valence-corrected chi connectivity index (χ0v) is 8.34. The zero-order valence-electron chi connectivity index (χ0n) is 7.52. The van der Waals surface area contributed by atoms with Crippen molar-refractivity contribution < 1.29 is 13.9 Å². The average molecular weight is 208 g/mol. The van der Waals surface area contributed by atoms with Crippen LogP contribution in [-0.2, 0) is 4.74 Å². The molecule has 2 rings (SSSR count). The summed E-state index contributed by atoms with van der Waals surface area (Å²) in [4.78, 5) is 12.7. The van der Waals surface area contributed by atoms with E-state index in [9.17, 15) is 4.79 Å². The van der Waals surface area contributed by atoms with Gasteiger partial charge in [0.25, 0.3) is 0 Å². The Morgan fingerprint density at radius 1 is 1.43 bits per heavy atom. The van der Waals surface area contributed by atoms with Crippen LogP contribution < -0.4 is 0 Å². The van der Waals surface area contributed by atoms with Crippen molar-refractivity contribution in [2.45, 2.75) is 0 Å². The first-order chi connectivity index (χ1) is 6.81. The lowest BCUT2D eigenvalue weighted by atomic mass is 10.3. The maximum absolute atomic E-state index is 11.2. The van der Waals surface area contributed by atoms with Crippen LogP contribution in [0.5, 0.6) is 0 Å². The molecule has 0 aliphatic rings. The molecule has 4 heteroatoms. The van der Waals surface area contributed by atoms with Crippen molar-refractivity contribution in [3.8, 4) is 10.6 Å². The molecule has 0 radical (unpaired) electrons. The number of esters is 1. The second-order valence-corrected chi connectivity index (χ2v) is 3.72. The fourth-order valence-corrected chi connectivity index (χ4v) is 1.99. The van der Waals surface area contributed by atoms with E-state index in [1.54, 1.807) is 12.3 Å². The molecule has 3 nitrogen and oxygen atoms in total. The number of ether oxygens (including phenoxy) is 1. The van der Waals surface area contributed by atoms with E-state index in [2.05, 4.69) is 4.74 Å². The van der Waals surface area contributed by atoms with Crippen LogP contribution in [0.4, 0.5) is 0 Å². The topological polar surface area (TPSA) is 39.4 Å². The lowest BCUT2D eigenvalue weighted by Gasteiger charge is -1.91. The van der Waals surface area contributed by atoms with Crippen LogP contribution >= 0.6 is 11.3 Å². The molecule has 0 saturated carbocycles. The van der Waals surface area contributed by atoms with E-state index in [0.29, 0.717) is 4.88 Å². The van der Waals surface area contributed by atoms with Gasteiger partial charge in [-0.2, -0.15) is 0 Å². The van der Waals surface area contributed by atoms with E-state index in [1.165, 1.54) is 18.4 Å². The molecule has 72 valence electrons. The SMILES string of the molecule is COC(=O)c1ccc(-c2ccco2)s1. The minimum absolute atomic E-state index is 0.312. The van der Waals surface area contributed by atoms with Crippen molar-refractivity contribution in [2.24, 2.45) is 0 Å². The lowest BCUT2D eigenvalue weighted by molar-refractivity contribution is 0.0606. The van der Waals surface area contributed by atoms with Crippen molar-refractivity contribution in [3.63, 3.8) is 0 Å². The first-order valence-electron chi connectivity index (χ1n) is 4.03. The molecule has 0 unspecified atom stereocenters. The summed E-state index contributed by atoms with van der Waals surface area (Å²) in [5.74, 6) is 0.456. The van der Waals surface area contributed by atoms with Crippen LogP contribution in [0.1, 0.15) is 9.67 Å². The molecule has 0 bridgehead atoms. The number of rotatable bonds is 2. The molecule has 0 atom stereocenters. The van der Waals surface area contributed by atoms with Crippen LogP contribution in [0.3, 0.4) is 0 Å². The second-order valence-electron chi connectivity index (χ2n) is 2.63. The number of carbonyl (C=O) groups is 1. The maximum atomic E-state index is 11.2. The normalized spacial score (nSPS) is 10.1. The highest BCUT2D eigenvalue weighted by Gasteiger charge is 2.10. The summed E-state index contributed by atoms with van der Waals surface area (Å²) in [6.45, 7) is 0. The predicted octanol–water partition coefficient (Wildman–Crippen LogP) is 2.79. The molecule has 14 heavy (non-hydrogen) atoms. The van der Waals surface area contributed by atoms with Gasteiger partial charge in [0.2, 0.25) is 0 Å². The Morgan fingerprint density at radius 2 is 2.29 bits per heavy atom. The van der Waals surface area contributed by atoms with Gasteiger partial charge in [-0.25, -0.2) is 4.79 Å². The molecule has 0 aromatic carbocycles. The van der Waals surface area contributed by atoms with Gasteiger partial charge in [-0.05, 0) is 24.3 Å². The fourth-order valence-electron chi connectivity index (χ4n) is 1.10. The summed E-state index contributed by atoms with van der Waals surface area (Å²) in [5, 5.41) is 0. The van der Waals surface area contributed by atoms with Gasteiger partial charge in [-0.15, -0.1) is 11.3 Å². The van der Waals surface area contributed by atoms with Crippen molar-refractivity contribution in [1.29, 1.82) is 0 Å². The van der Waals surface area contributed by atoms with E-state index < -0.39 is 0 Å². The summed E-state index contributed by atoms with van der Waals surface area (Å²) in [5.41, 5.74) is 0. The second kappa shape index (κ2) is 3.67. The van der Waals surface area contributed by atoms with Crippen molar-refractivity contribution in [2.75, 3.05) is 7.11 Å². The summed E-state index contributed by atoms with van der Waals surface area (Å²) in [6, 6.07) is 7.24. The molecule has 2 aromatic heterocycles. The highest BCUT2D eigenvalue weighted by atomic mass is 32.1. The van der Waals surface area contributed by atoms with Crippen LogP contribution in [0.2, 0.25) is 0 Å². The number of methoxy groups -OCH3 is 1. The van der Waals surface area contributed by atoms with Crippen LogP contribution in [0.25, 0.3) is 10.6 Å². The Hall–Kier alpha value is -1.55. The van der Waals surface area contributed by atoms with E-state index in [1.807, 2.05) is 18.2 Å². The number of carbonyl (C=O) groups excluding carboxylic acids is 1. The van der Waals surface area contributed by atoms with Crippen LogP contribution in [0.15, 0.2) is 34.9 Å². The Morgan fingerprint density at radius 3 is 2.93 bits per heavy atom. The van der Waals surface area contributed by atoms with Gasteiger partial charge in [0.1, 0.15) is 10.6 Å². The van der Waals surface area contributed by atoms with Crippen molar-refractivity contribution in [3.05, 3.63) is 35.4 Å². The van der Waals surface area contributed by atoms with Gasteiger partial charge in [-0.3, -0.25) is 0 Å². The lowest BCUT2D eigenvalue weighted by Crippen LogP contribution is -1.96. The Labute approximate surface area is 84.9 Å². The third-order valence-corrected chi connectivity index (χ3v) is 2.84. The molecule has 0 aliphatic heterocycles. The molecular formula is C10H8O3S. The van der Waals surface area contributed by atoms with Crippen LogP contribution in [0, 0.1) is 0 Å². The first-order valence-corrected chi connectivity index (χ1v) is 4.85. The summed E-state index contributed by atoms with van der Waals surface area (Å²) >= 11 is 1.35. The Bertz CT molecular complexity index is 428. The molecule has 0 saturated heterocycles. The summed E-state index contributed by atoms with van der Waals surface area (Å²) in [6.07, 6.45) is 1.60. The fraction of sp³-hybridized carbons (Fsp3) is 0.100. The van der Waals surface area contributed by atoms with Crippen molar-refractivity contribution >= 4 is 17.3 Å². The third-order valence-electron chi connectivity index (χ3n) is 1.76. The highest BCUT2D eigenvalue weighted by molar-refractivity contribution is 7.17. The van der Waals surface area contributed by atoms with Gasteiger partial charge in [0.05, 0.1) is 18.3 Å². The molecule has 0 N–H and O–H groups in total. The maximum Gasteiger partial charge on any atom is 0.348 e. The Kier molecular flexibility index (Phi) is 2.37. The van der Waals surface area contributed by atoms with Gasteiger partial charge in [-0.1, -0.05) is 0 Å². The van der Waals surface area contributed by atoms with Crippen LogP contribution in [-0.4, -0.2) is 13.1 Å². The minimum Gasteiger partial charge on any atom is -0.465 e. The smallest absolute Gasteiger partial charge is 0.348 e. The molecule has 0 spiro atoms. The number of thiophene rings is 1. The summed E-state index contributed by atoms with van der Waals surface area (Å²) in [7, 11) is 1.37. The molecule has 0 amide bonds. The molecular weight excluding hydrogens is 200 g/mol. The minimum atomic E-state index is -0.312. The molecule has 0 aliphatic carbocycles. The molecule has 2 heterocycles. The van der Waals surface area contributed by atoms with Gasteiger partial charge >= 0.3 is 5.97 Å². The largest absolute Gasteiger partial charge is 0.465 e. The van der Waals surface area contributed by atoms with Gasteiger partial charge < -0.3 is 9.15 Å². The van der Waals surface area contributed by atoms with E-state index >= 15 is 0 Å². The monoisotopic (exact) mass is 208 g/mol.